The molecule has 0 fully saturated rings. The molecule has 0 bridgehead atoms. The maximum Gasteiger partial charge on any atom is 0.0702 e. The number of pyridine rings is 3. The Balaban J connectivity index is 0.731. The summed E-state index contributed by atoms with van der Waals surface area (Å²) in [5, 5.41) is 0. The van der Waals surface area contributed by atoms with Crippen LogP contribution in [0.1, 0.15) is 11.1 Å². The Hall–Kier alpha value is -12.6. The maximum absolute atomic E-state index is 5.14. The van der Waals surface area contributed by atoms with Crippen molar-refractivity contribution >= 4 is 17.1 Å². The third-order valence-electron chi connectivity index (χ3n) is 17.1. The first-order chi connectivity index (χ1) is 46.1. The molecule has 0 spiro atoms. The van der Waals surface area contributed by atoms with Crippen molar-refractivity contribution in [1.82, 2.24) is 15.0 Å². The summed E-state index contributed by atoms with van der Waals surface area (Å²) >= 11 is 0. The molecule has 4 nitrogen and oxygen atoms in total. The molecule has 0 aliphatic rings. The molecule has 3 heterocycles. The maximum atomic E-state index is 5.14. The molecule has 436 valence electrons. The van der Waals surface area contributed by atoms with Crippen molar-refractivity contribution in [2.75, 3.05) is 4.90 Å². The van der Waals surface area contributed by atoms with Crippen molar-refractivity contribution in [2.45, 2.75) is 0 Å². The van der Waals surface area contributed by atoms with Gasteiger partial charge in [-0.05, 0) is 169 Å². The molecule has 15 rings (SSSR count). The van der Waals surface area contributed by atoms with Crippen molar-refractivity contribution in [1.29, 1.82) is 0 Å². The van der Waals surface area contributed by atoms with Gasteiger partial charge in [0.05, 0.1) is 17.1 Å². The molecular formula is C89H60N4. The van der Waals surface area contributed by atoms with Gasteiger partial charge in [0.2, 0.25) is 0 Å². The SMILES string of the molecule is C(#Cc1cccc(-c2ccc(-c3ccccc3-c3cc(-c4ccccc4-c4ccc(-c5ccccc5)nc4)cc(-c4ccccc4-c4ccc(-c5ccccc5)nc4)c3)cn2)c1)c1ccc(N(c2ccc(-c3ccccc3)cc2)c2ccc(-c3ccccc3)cc2)cc1. The van der Waals surface area contributed by atoms with Crippen LogP contribution in [0, 0.1) is 11.8 Å². The normalized spacial score (nSPS) is 10.9. The van der Waals surface area contributed by atoms with E-state index in [2.05, 4.69) is 350 Å². The molecule has 15 aromatic rings. The zero-order chi connectivity index (χ0) is 62.1. The van der Waals surface area contributed by atoms with Crippen LogP contribution in [-0.2, 0) is 0 Å². The summed E-state index contributed by atoms with van der Waals surface area (Å²) in [5.41, 5.74) is 28.6. The Morgan fingerprint density at radius 2 is 0.462 bits per heavy atom. The van der Waals surface area contributed by atoms with Gasteiger partial charge < -0.3 is 4.90 Å². The second-order valence-corrected chi connectivity index (χ2v) is 23.0. The first-order valence-corrected chi connectivity index (χ1v) is 31.4. The summed E-state index contributed by atoms with van der Waals surface area (Å²) in [6.07, 6.45) is 5.99. The fourth-order valence-corrected chi connectivity index (χ4v) is 12.4. The molecule has 0 saturated carbocycles. The summed E-state index contributed by atoms with van der Waals surface area (Å²) in [4.78, 5) is 17.4. The third-order valence-corrected chi connectivity index (χ3v) is 17.1. The lowest BCUT2D eigenvalue weighted by atomic mass is 9.86. The van der Waals surface area contributed by atoms with Crippen molar-refractivity contribution in [3.8, 4) is 135 Å². The minimum Gasteiger partial charge on any atom is -0.311 e. The number of rotatable bonds is 14. The van der Waals surface area contributed by atoms with Crippen LogP contribution in [-0.4, -0.2) is 15.0 Å². The molecule has 0 aliphatic carbocycles. The van der Waals surface area contributed by atoms with Gasteiger partial charge in [-0.3, -0.25) is 15.0 Å². The fraction of sp³-hybridized carbons (Fsp3) is 0. The summed E-state index contributed by atoms with van der Waals surface area (Å²) < 4.78 is 0. The van der Waals surface area contributed by atoms with E-state index in [1.165, 1.54) is 22.3 Å². The second kappa shape index (κ2) is 26.3. The summed E-state index contributed by atoms with van der Waals surface area (Å²) in [5.74, 6) is 6.93. The van der Waals surface area contributed by atoms with Crippen LogP contribution in [0.5, 0.6) is 0 Å². The molecule has 0 saturated heterocycles. The molecular weight excluding hydrogens is 1130 g/mol. The Labute approximate surface area is 543 Å². The van der Waals surface area contributed by atoms with Crippen molar-refractivity contribution in [3.05, 3.63) is 376 Å². The lowest BCUT2D eigenvalue weighted by Gasteiger charge is -2.26. The van der Waals surface area contributed by atoms with E-state index in [0.717, 1.165) is 129 Å². The fourth-order valence-electron chi connectivity index (χ4n) is 12.4. The highest BCUT2D eigenvalue weighted by atomic mass is 15.1. The van der Waals surface area contributed by atoms with Crippen LogP contribution in [0.3, 0.4) is 0 Å². The number of nitrogens with zero attached hydrogens (tertiary/aromatic N) is 4. The van der Waals surface area contributed by atoms with E-state index in [4.69, 9.17) is 15.0 Å². The predicted molar refractivity (Wildman–Crippen MR) is 387 cm³/mol. The largest absolute Gasteiger partial charge is 0.311 e. The molecule has 4 heteroatoms. The highest BCUT2D eigenvalue weighted by Gasteiger charge is 2.19. The molecule has 0 unspecified atom stereocenters. The summed E-state index contributed by atoms with van der Waals surface area (Å²) in [6.45, 7) is 0. The standard InChI is InChI=1S/C89H60N4/c1-5-21-65(22-6-1)67-40-49-79(50-41-67)93(80-51-42-68(43-52-80)66-23-7-2-8-24-66)78-47-38-63(39-48-78)36-37-64-20-19-29-71(56-64)89-55-46-74(62-92-89)83-32-15-18-35-86(83)77-58-75(84-33-16-13-30-81(84)72-44-53-87(90-60-72)69-25-9-3-10-26-69)57-76(59-77)85-34-17-14-31-82(85)73-45-54-88(91-61-73)70-27-11-4-12-28-70/h1-35,38-62H. The number of aromatic nitrogens is 3. The van der Waals surface area contributed by atoms with Crippen LogP contribution < -0.4 is 4.90 Å². The molecule has 93 heavy (non-hydrogen) atoms. The predicted octanol–water partition coefficient (Wildman–Crippen LogP) is 23.1. The van der Waals surface area contributed by atoms with E-state index < -0.39 is 0 Å². The zero-order valence-corrected chi connectivity index (χ0v) is 50.9. The molecule has 12 aromatic carbocycles. The lowest BCUT2D eigenvalue weighted by molar-refractivity contribution is 1.28. The Bertz CT molecular complexity index is 4890. The molecule has 0 aliphatic heterocycles. The Kier molecular flexibility index (Phi) is 16.1. The average Bonchev–Trinajstić information content (AvgIpc) is 1.42. The topological polar surface area (TPSA) is 41.9 Å². The average molecular weight is 1190 g/mol. The lowest BCUT2D eigenvalue weighted by Crippen LogP contribution is -2.09. The van der Waals surface area contributed by atoms with E-state index in [0.29, 0.717) is 0 Å². The first kappa shape index (κ1) is 56.9. The molecule has 0 atom stereocenters. The highest BCUT2D eigenvalue weighted by molar-refractivity contribution is 5.94. The Morgan fingerprint density at radius 1 is 0.183 bits per heavy atom. The van der Waals surface area contributed by atoms with Crippen LogP contribution in [0.4, 0.5) is 17.1 Å². The van der Waals surface area contributed by atoms with E-state index in [1.807, 2.05) is 30.7 Å². The quantitative estimate of drug-likeness (QED) is 0.102. The van der Waals surface area contributed by atoms with Gasteiger partial charge in [0.25, 0.3) is 0 Å². The van der Waals surface area contributed by atoms with Gasteiger partial charge in [0, 0.05) is 80.2 Å². The van der Waals surface area contributed by atoms with Crippen molar-refractivity contribution in [2.24, 2.45) is 0 Å². The molecule has 0 N–H and O–H groups in total. The van der Waals surface area contributed by atoms with Crippen LogP contribution in [0.15, 0.2) is 364 Å². The number of benzene rings is 12. The third kappa shape index (κ3) is 12.5. The summed E-state index contributed by atoms with van der Waals surface area (Å²) in [6, 6.07) is 122. The summed E-state index contributed by atoms with van der Waals surface area (Å²) in [7, 11) is 0. The molecule has 3 aromatic heterocycles. The van der Waals surface area contributed by atoms with Crippen molar-refractivity contribution in [3.63, 3.8) is 0 Å². The van der Waals surface area contributed by atoms with Crippen molar-refractivity contribution < 1.29 is 0 Å². The van der Waals surface area contributed by atoms with Gasteiger partial charge in [-0.1, -0.05) is 261 Å². The van der Waals surface area contributed by atoms with E-state index in [1.54, 1.807) is 0 Å². The Morgan fingerprint density at radius 3 is 0.817 bits per heavy atom. The number of anilines is 3. The molecule has 0 radical (unpaired) electrons. The molecule has 0 amide bonds. The smallest absolute Gasteiger partial charge is 0.0702 e. The van der Waals surface area contributed by atoms with Gasteiger partial charge >= 0.3 is 0 Å². The zero-order valence-electron chi connectivity index (χ0n) is 50.9. The number of hydrogen-bond donors (Lipinski definition) is 0. The first-order valence-electron chi connectivity index (χ1n) is 31.4. The van der Waals surface area contributed by atoms with Gasteiger partial charge in [0.1, 0.15) is 0 Å². The van der Waals surface area contributed by atoms with Gasteiger partial charge in [0.15, 0.2) is 0 Å². The van der Waals surface area contributed by atoms with E-state index in [9.17, 15) is 0 Å². The monoisotopic (exact) mass is 1180 g/mol. The second-order valence-electron chi connectivity index (χ2n) is 23.0. The van der Waals surface area contributed by atoms with Crippen LogP contribution in [0.25, 0.3) is 123 Å². The van der Waals surface area contributed by atoms with Crippen LogP contribution >= 0.6 is 0 Å². The minimum atomic E-state index is 0.869. The van der Waals surface area contributed by atoms with E-state index >= 15 is 0 Å². The van der Waals surface area contributed by atoms with Crippen LogP contribution in [0.2, 0.25) is 0 Å². The van der Waals surface area contributed by atoms with Gasteiger partial charge in [-0.15, -0.1) is 0 Å². The number of hydrogen-bond acceptors (Lipinski definition) is 4. The highest BCUT2D eigenvalue weighted by Crippen LogP contribution is 2.43. The minimum absolute atomic E-state index is 0.869. The van der Waals surface area contributed by atoms with Gasteiger partial charge in [-0.25, -0.2) is 0 Å². The van der Waals surface area contributed by atoms with E-state index in [-0.39, 0.29) is 0 Å². The van der Waals surface area contributed by atoms with Gasteiger partial charge in [-0.2, -0.15) is 0 Å².